The van der Waals surface area contributed by atoms with Crippen LogP contribution in [0.2, 0.25) is 0 Å². The summed E-state index contributed by atoms with van der Waals surface area (Å²) in [4.78, 5) is 16.6. The van der Waals surface area contributed by atoms with Crippen LogP contribution in [0.1, 0.15) is 31.9 Å². The van der Waals surface area contributed by atoms with E-state index in [-0.39, 0.29) is 11.9 Å². The summed E-state index contributed by atoms with van der Waals surface area (Å²) in [6, 6.07) is 8.81. The Balaban J connectivity index is 2.08. The van der Waals surface area contributed by atoms with Crippen molar-refractivity contribution < 1.29 is 9.53 Å². The molecular formula is C19H31N3O2. The number of carbonyl (C=O) groups is 1. The summed E-state index contributed by atoms with van der Waals surface area (Å²) in [5, 5.41) is 3.12. The van der Waals surface area contributed by atoms with Gasteiger partial charge in [-0.1, -0.05) is 26.0 Å². The Kier molecular flexibility index (Phi) is 7.06. The van der Waals surface area contributed by atoms with E-state index >= 15 is 0 Å². The first-order valence-electron chi connectivity index (χ1n) is 8.83. The molecule has 0 spiro atoms. The number of anilines is 1. The number of nitrogens with one attached hydrogen (secondary N) is 1. The first-order valence-corrected chi connectivity index (χ1v) is 8.83. The molecule has 1 amide bonds. The predicted octanol–water partition coefficient (Wildman–Crippen LogP) is 2.29. The van der Waals surface area contributed by atoms with E-state index in [4.69, 9.17) is 4.74 Å². The normalized spacial score (nSPS) is 16.9. The second-order valence-corrected chi connectivity index (χ2v) is 7.05. The van der Waals surface area contributed by atoms with E-state index in [2.05, 4.69) is 53.2 Å². The van der Waals surface area contributed by atoms with Gasteiger partial charge in [-0.25, -0.2) is 0 Å². The molecule has 1 atom stereocenters. The van der Waals surface area contributed by atoms with Gasteiger partial charge < -0.3 is 15.0 Å². The van der Waals surface area contributed by atoms with Crippen molar-refractivity contribution in [3.8, 4) is 0 Å². The smallest absolute Gasteiger partial charge is 0.220 e. The second kappa shape index (κ2) is 9.04. The van der Waals surface area contributed by atoms with Crippen LogP contribution in [0, 0.1) is 5.92 Å². The fraction of sp³-hybridized carbons (Fsp3) is 0.632. The molecule has 1 unspecified atom stereocenters. The summed E-state index contributed by atoms with van der Waals surface area (Å²) >= 11 is 0. The Hall–Kier alpha value is -1.59. The number of carbonyl (C=O) groups excluding carboxylic acids is 1. The number of hydrogen-bond acceptors (Lipinski definition) is 4. The Morgan fingerprint density at radius 1 is 1.21 bits per heavy atom. The van der Waals surface area contributed by atoms with Gasteiger partial charge in [0.15, 0.2) is 0 Å². The molecular weight excluding hydrogens is 302 g/mol. The number of nitrogens with zero attached hydrogens (tertiary/aromatic N) is 2. The maximum Gasteiger partial charge on any atom is 0.220 e. The largest absolute Gasteiger partial charge is 0.379 e. The van der Waals surface area contributed by atoms with E-state index in [0.717, 1.165) is 26.3 Å². The molecule has 1 aromatic carbocycles. The fourth-order valence-corrected chi connectivity index (χ4v) is 2.99. The molecule has 1 aliphatic rings. The lowest BCUT2D eigenvalue weighted by atomic mass is 10.0. The first-order chi connectivity index (χ1) is 11.5. The van der Waals surface area contributed by atoms with Crippen molar-refractivity contribution in [1.29, 1.82) is 0 Å². The van der Waals surface area contributed by atoms with Gasteiger partial charge >= 0.3 is 0 Å². The van der Waals surface area contributed by atoms with E-state index in [9.17, 15) is 4.79 Å². The second-order valence-electron chi connectivity index (χ2n) is 7.05. The third kappa shape index (κ3) is 5.49. The molecule has 1 N–H and O–H groups in total. The highest BCUT2D eigenvalue weighted by Crippen LogP contribution is 2.23. The topological polar surface area (TPSA) is 44.8 Å². The number of rotatable bonds is 7. The zero-order chi connectivity index (χ0) is 17.5. The average molecular weight is 333 g/mol. The molecule has 5 nitrogen and oxygen atoms in total. The maximum absolute atomic E-state index is 12.1. The van der Waals surface area contributed by atoms with Crippen LogP contribution >= 0.6 is 0 Å². The SMILES string of the molecule is CC(C)CC(=O)NCC(c1ccc(N(C)C)cc1)N1CCOCC1. The summed E-state index contributed by atoms with van der Waals surface area (Å²) < 4.78 is 5.48. The molecule has 0 aromatic heterocycles. The molecule has 0 aliphatic carbocycles. The monoisotopic (exact) mass is 333 g/mol. The molecule has 1 aliphatic heterocycles. The van der Waals surface area contributed by atoms with Crippen LogP contribution in [-0.2, 0) is 9.53 Å². The summed E-state index contributed by atoms with van der Waals surface area (Å²) in [5.41, 5.74) is 2.43. The third-order valence-corrected chi connectivity index (χ3v) is 4.37. The Labute approximate surface area is 146 Å². The van der Waals surface area contributed by atoms with Gasteiger partial charge in [-0.3, -0.25) is 9.69 Å². The van der Waals surface area contributed by atoms with Gasteiger partial charge in [0, 0.05) is 45.8 Å². The highest BCUT2D eigenvalue weighted by Gasteiger charge is 2.23. The molecule has 2 rings (SSSR count). The van der Waals surface area contributed by atoms with E-state index in [1.165, 1.54) is 11.3 Å². The summed E-state index contributed by atoms with van der Waals surface area (Å²) in [6.07, 6.45) is 0.579. The van der Waals surface area contributed by atoms with Gasteiger partial charge in [0.2, 0.25) is 5.91 Å². The van der Waals surface area contributed by atoms with Crippen LogP contribution in [0.15, 0.2) is 24.3 Å². The van der Waals surface area contributed by atoms with Crippen LogP contribution in [0.5, 0.6) is 0 Å². The van der Waals surface area contributed by atoms with Crippen molar-refractivity contribution in [3.63, 3.8) is 0 Å². The maximum atomic E-state index is 12.1. The lowest BCUT2D eigenvalue weighted by Crippen LogP contribution is -2.44. The average Bonchev–Trinajstić information content (AvgIpc) is 2.56. The Morgan fingerprint density at radius 3 is 2.38 bits per heavy atom. The molecule has 134 valence electrons. The Morgan fingerprint density at radius 2 is 1.83 bits per heavy atom. The lowest BCUT2D eigenvalue weighted by molar-refractivity contribution is -0.122. The molecule has 1 heterocycles. The van der Waals surface area contributed by atoms with Crippen molar-refractivity contribution in [2.24, 2.45) is 5.92 Å². The van der Waals surface area contributed by atoms with E-state index < -0.39 is 0 Å². The molecule has 1 saturated heterocycles. The highest BCUT2D eigenvalue weighted by atomic mass is 16.5. The molecule has 0 saturated carbocycles. The van der Waals surface area contributed by atoms with Gasteiger partial charge in [0.1, 0.15) is 0 Å². The minimum Gasteiger partial charge on any atom is -0.379 e. The molecule has 5 heteroatoms. The highest BCUT2D eigenvalue weighted by molar-refractivity contribution is 5.76. The van der Waals surface area contributed by atoms with Crippen LogP contribution in [0.4, 0.5) is 5.69 Å². The first kappa shape index (κ1) is 18.7. The van der Waals surface area contributed by atoms with Crippen LogP contribution < -0.4 is 10.2 Å². The third-order valence-electron chi connectivity index (χ3n) is 4.37. The molecule has 0 radical (unpaired) electrons. The standard InChI is InChI=1S/C19H31N3O2/c1-15(2)13-19(23)20-14-18(22-9-11-24-12-10-22)16-5-7-17(8-6-16)21(3)4/h5-8,15,18H,9-14H2,1-4H3,(H,20,23). The van der Waals surface area contributed by atoms with Gasteiger partial charge in [-0.05, 0) is 23.6 Å². The quantitative estimate of drug-likeness (QED) is 0.831. The zero-order valence-corrected chi connectivity index (χ0v) is 15.4. The summed E-state index contributed by atoms with van der Waals surface area (Å²) in [7, 11) is 4.08. The molecule has 24 heavy (non-hydrogen) atoms. The van der Waals surface area contributed by atoms with Crippen molar-refractivity contribution in [2.75, 3.05) is 51.8 Å². The number of amides is 1. The van der Waals surface area contributed by atoms with Crippen molar-refractivity contribution in [1.82, 2.24) is 10.2 Å². The predicted molar refractivity (Wildman–Crippen MR) is 98.4 cm³/mol. The minimum atomic E-state index is 0.133. The van der Waals surface area contributed by atoms with Crippen LogP contribution in [-0.4, -0.2) is 57.8 Å². The number of hydrogen-bond donors (Lipinski definition) is 1. The van der Waals surface area contributed by atoms with Crippen molar-refractivity contribution >= 4 is 11.6 Å². The summed E-state index contributed by atoms with van der Waals surface area (Å²) in [5.74, 6) is 0.513. The number of benzene rings is 1. The van der Waals surface area contributed by atoms with Gasteiger partial charge in [0.25, 0.3) is 0 Å². The fourth-order valence-electron chi connectivity index (χ4n) is 2.99. The Bertz CT molecular complexity index is 508. The van der Waals surface area contributed by atoms with Gasteiger partial charge in [0.05, 0.1) is 19.3 Å². The van der Waals surface area contributed by atoms with Gasteiger partial charge in [-0.2, -0.15) is 0 Å². The van der Waals surface area contributed by atoms with E-state index in [1.54, 1.807) is 0 Å². The minimum absolute atomic E-state index is 0.133. The van der Waals surface area contributed by atoms with Crippen LogP contribution in [0.25, 0.3) is 0 Å². The molecule has 0 bridgehead atoms. The van der Waals surface area contributed by atoms with Crippen molar-refractivity contribution in [2.45, 2.75) is 26.3 Å². The zero-order valence-electron chi connectivity index (χ0n) is 15.4. The van der Waals surface area contributed by atoms with Gasteiger partial charge in [-0.15, -0.1) is 0 Å². The summed E-state index contributed by atoms with van der Waals surface area (Å²) in [6.45, 7) is 8.10. The lowest BCUT2D eigenvalue weighted by Gasteiger charge is -2.35. The number of morpholine rings is 1. The van der Waals surface area contributed by atoms with E-state index in [1.807, 2.05) is 14.1 Å². The molecule has 1 aromatic rings. The van der Waals surface area contributed by atoms with Crippen LogP contribution in [0.3, 0.4) is 0 Å². The van der Waals surface area contributed by atoms with E-state index in [0.29, 0.717) is 18.9 Å². The number of ether oxygens (including phenoxy) is 1. The van der Waals surface area contributed by atoms with Crippen molar-refractivity contribution in [3.05, 3.63) is 29.8 Å². The molecule has 1 fully saturated rings.